The van der Waals surface area contributed by atoms with Crippen molar-refractivity contribution >= 4 is 0 Å². The van der Waals surface area contributed by atoms with E-state index >= 15 is 0 Å². The summed E-state index contributed by atoms with van der Waals surface area (Å²) >= 11 is 0. The van der Waals surface area contributed by atoms with Crippen molar-refractivity contribution in [3.63, 3.8) is 0 Å². The monoisotopic (exact) mass is 279 g/mol. The lowest BCUT2D eigenvalue weighted by atomic mass is 10.2. The highest BCUT2D eigenvalue weighted by Gasteiger charge is 2.19. The lowest BCUT2D eigenvalue weighted by molar-refractivity contribution is 0.0443. The number of para-hydroxylation sites is 1. The van der Waals surface area contributed by atoms with Crippen molar-refractivity contribution in [2.75, 3.05) is 33.4 Å². The van der Waals surface area contributed by atoms with Crippen LogP contribution >= 0.6 is 0 Å². The van der Waals surface area contributed by atoms with Crippen molar-refractivity contribution in [3.05, 3.63) is 29.8 Å². The van der Waals surface area contributed by atoms with Crippen molar-refractivity contribution in [2.24, 2.45) is 0 Å². The SMILES string of the molecule is Cc1ccccc1OCC(O)CN(C)CC1CCCO1. The second-order valence-electron chi connectivity index (χ2n) is 5.59. The molecule has 4 nitrogen and oxygen atoms in total. The highest BCUT2D eigenvalue weighted by Crippen LogP contribution is 2.16. The molecule has 2 atom stereocenters. The Hall–Kier alpha value is -1.10. The highest BCUT2D eigenvalue weighted by atomic mass is 16.5. The number of likely N-dealkylation sites (N-methyl/N-ethyl adjacent to an activating group) is 1. The average molecular weight is 279 g/mol. The van der Waals surface area contributed by atoms with Crippen LogP contribution in [0.15, 0.2) is 24.3 Å². The summed E-state index contributed by atoms with van der Waals surface area (Å²) in [5, 5.41) is 10.0. The van der Waals surface area contributed by atoms with E-state index in [1.54, 1.807) is 0 Å². The Morgan fingerprint density at radius 1 is 1.45 bits per heavy atom. The minimum absolute atomic E-state index is 0.320. The van der Waals surface area contributed by atoms with E-state index in [1.807, 2.05) is 38.2 Å². The van der Waals surface area contributed by atoms with Gasteiger partial charge in [0.1, 0.15) is 18.5 Å². The van der Waals surface area contributed by atoms with Crippen molar-refractivity contribution in [2.45, 2.75) is 32.0 Å². The third-order valence-electron chi connectivity index (χ3n) is 3.59. The normalized spacial score (nSPS) is 20.3. The number of aryl methyl sites for hydroxylation is 1. The van der Waals surface area contributed by atoms with E-state index < -0.39 is 6.10 Å². The Morgan fingerprint density at radius 3 is 2.95 bits per heavy atom. The molecule has 2 unspecified atom stereocenters. The van der Waals surface area contributed by atoms with Crippen LogP contribution in [-0.2, 0) is 4.74 Å². The van der Waals surface area contributed by atoms with Gasteiger partial charge in [-0.1, -0.05) is 18.2 Å². The number of hydrogen-bond acceptors (Lipinski definition) is 4. The Kier molecular flexibility index (Phi) is 5.83. The predicted molar refractivity (Wildman–Crippen MR) is 79.2 cm³/mol. The molecular weight excluding hydrogens is 254 g/mol. The number of nitrogens with zero attached hydrogens (tertiary/aromatic N) is 1. The van der Waals surface area contributed by atoms with Gasteiger partial charge in [-0.05, 0) is 38.4 Å². The van der Waals surface area contributed by atoms with Crippen LogP contribution in [0.2, 0.25) is 0 Å². The first-order valence-electron chi connectivity index (χ1n) is 7.32. The molecule has 1 fully saturated rings. The summed E-state index contributed by atoms with van der Waals surface area (Å²) in [7, 11) is 2.01. The fourth-order valence-electron chi connectivity index (χ4n) is 2.53. The van der Waals surface area contributed by atoms with Crippen molar-refractivity contribution in [3.8, 4) is 5.75 Å². The lowest BCUT2D eigenvalue weighted by Crippen LogP contribution is -2.37. The van der Waals surface area contributed by atoms with Crippen LogP contribution in [0, 0.1) is 6.92 Å². The quantitative estimate of drug-likeness (QED) is 0.827. The van der Waals surface area contributed by atoms with E-state index in [1.165, 1.54) is 0 Å². The number of benzene rings is 1. The van der Waals surface area contributed by atoms with Crippen LogP contribution in [0.4, 0.5) is 0 Å². The van der Waals surface area contributed by atoms with E-state index in [9.17, 15) is 5.11 Å². The third kappa shape index (κ3) is 4.78. The molecule has 1 saturated heterocycles. The maximum absolute atomic E-state index is 10.0. The Bertz CT molecular complexity index is 404. The molecule has 1 aromatic carbocycles. The van der Waals surface area contributed by atoms with Crippen LogP contribution in [0.1, 0.15) is 18.4 Å². The van der Waals surface area contributed by atoms with Gasteiger partial charge in [-0.15, -0.1) is 0 Å². The number of ether oxygens (including phenoxy) is 2. The Morgan fingerprint density at radius 2 is 2.25 bits per heavy atom. The predicted octanol–water partition coefficient (Wildman–Crippen LogP) is 1.85. The lowest BCUT2D eigenvalue weighted by Gasteiger charge is -2.23. The maximum Gasteiger partial charge on any atom is 0.122 e. The summed E-state index contributed by atoms with van der Waals surface area (Å²) in [6.07, 6.45) is 2.11. The summed E-state index contributed by atoms with van der Waals surface area (Å²) in [4.78, 5) is 2.11. The van der Waals surface area contributed by atoms with Gasteiger partial charge in [0.25, 0.3) is 0 Å². The zero-order chi connectivity index (χ0) is 14.4. The van der Waals surface area contributed by atoms with Crippen LogP contribution in [-0.4, -0.2) is 55.6 Å². The molecule has 0 aromatic heterocycles. The molecule has 1 aliphatic rings. The molecule has 0 amide bonds. The molecule has 1 aromatic rings. The molecule has 20 heavy (non-hydrogen) atoms. The van der Waals surface area contributed by atoms with Crippen LogP contribution in [0.3, 0.4) is 0 Å². The first kappa shape index (κ1) is 15.3. The van der Waals surface area contributed by atoms with Crippen molar-refractivity contribution in [1.82, 2.24) is 4.90 Å². The van der Waals surface area contributed by atoms with Crippen molar-refractivity contribution in [1.29, 1.82) is 0 Å². The number of rotatable bonds is 7. The van der Waals surface area contributed by atoms with E-state index in [4.69, 9.17) is 9.47 Å². The minimum atomic E-state index is -0.485. The minimum Gasteiger partial charge on any atom is -0.491 e. The van der Waals surface area contributed by atoms with Crippen molar-refractivity contribution < 1.29 is 14.6 Å². The zero-order valence-corrected chi connectivity index (χ0v) is 12.4. The molecule has 1 heterocycles. The molecule has 112 valence electrons. The highest BCUT2D eigenvalue weighted by molar-refractivity contribution is 5.31. The van der Waals surface area contributed by atoms with E-state index in [2.05, 4.69) is 4.90 Å². The summed E-state index contributed by atoms with van der Waals surface area (Å²) in [5.74, 6) is 0.841. The third-order valence-corrected chi connectivity index (χ3v) is 3.59. The molecule has 1 N–H and O–H groups in total. The van der Waals surface area contributed by atoms with Gasteiger partial charge < -0.3 is 19.5 Å². The average Bonchev–Trinajstić information content (AvgIpc) is 2.90. The topological polar surface area (TPSA) is 41.9 Å². The molecule has 0 aliphatic carbocycles. The van der Waals surface area contributed by atoms with Gasteiger partial charge in [-0.25, -0.2) is 0 Å². The summed E-state index contributed by atoms with van der Waals surface area (Å²) < 4.78 is 11.3. The molecule has 0 spiro atoms. The number of aliphatic hydroxyl groups excluding tert-OH is 1. The number of aliphatic hydroxyl groups is 1. The summed E-state index contributed by atoms with van der Waals surface area (Å²) in [5.41, 5.74) is 1.09. The van der Waals surface area contributed by atoms with Gasteiger partial charge in [-0.2, -0.15) is 0 Å². The van der Waals surface area contributed by atoms with E-state index in [-0.39, 0.29) is 0 Å². The summed E-state index contributed by atoms with van der Waals surface area (Å²) in [6.45, 7) is 4.68. The maximum atomic E-state index is 10.0. The molecule has 2 rings (SSSR count). The van der Waals surface area contributed by atoms with Gasteiger partial charge in [0.2, 0.25) is 0 Å². The smallest absolute Gasteiger partial charge is 0.122 e. The molecule has 0 radical (unpaired) electrons. The van der Waals surface area contributed by atoms with Gasteiger partial charge in [-0.3, -0.25) is 0 Å². The second kappa shape index (κ2) is 7.62. The van der Waals surface area contributed by atoms with Gasteiger partial charge in [0.05, 0.1) is 6.10 Å². The zero-order valence-electron chi connectivity index (χ0n) is 12.4. The van der Waals surface area contributed by atoms with E-state index in [0.717, 1.165) is 37.3 Å². The van der Waals surface area contributed by atoms with Crippen LogP contribution < -0.4 is 4.74 Å². The fraction of sp³-hybridized carbons (Fsp3) is 0.625. The largest absolute Gasteiger partial charge is 0.491 e. The second-order valence-corrected chi connectivity index (χ2v) is 5.59. The molecule has 0 saturated carbocycles. The molecule has 4 heteroatoms. The first-order chi connectivity index (χ1) is 9.65. The summed E-state index contributed by atoms with van der Waals surface area (Å²) in [6, 6.07) is 7.86. The van der Waals surface area contributed by atoms with E-state index in [0.29, 0.717) is 19.3 Å². The van der Waals surface area contributed by atoms with Gasteiger partial charge >= 0.3 is 0 Å². The standard InChI is InChI=1S/C16H25NO3/c1-13-6-3-4-8-16(13)20-12-14(18)10-17(2)11-15-7-5-9-19-15/h3-4,6,8,14-15,18H,5,7,9-12H2,1-2H3. The van der Waals surface area contributed by atoms with Gasteiger partial charge in [0, 0.05) is 19.7 Å². The first-order valence-corrected chi connectivity index (χ1v) is 7.32. The Labute approximate surface area is 121 Å². The fourth-order valence-corrected chi connectivity index (χ4v) is 2.53. The molecular formula is C16H25NO3. The molecule has 0 bridgehead atoms. The van der Waals surface area contributed by atoms with Crippen LogP contribution in [0.25, 0.3) is 0 Å². The number of hydrogen-bond donors (Lipinski definition) is 1. The molecule has 1 aliphatic heterocycles. The Balaban J connectivity index is 1.69. The van der Waals surface area contributed by atoms with Crippen LogP contribution in [0.5, 0.6) is 5.75 Å². The van der Waals surface area contributed by atoms with Gasteiger partial charge in [0.15, 0.2) is 0 Å².